The molecule has 0 unspecified atom stereocenters. The van der Waals surface area contributed by atoms with Gasteiger partial charge in [0.05, 0.1) is 13.3 Å². The van der Waals surface area contributed by atoms with Gasteiger partial charge in [-0.1, -0.05) is 35.3 Å². The molecule has 0 N–H and O–H groups in total. The molecule has 11 heteroatoms. The summed E-state index contributed by atoms with van der Waals surface area (Å²) in [6.07, 6.45) is 3.29. The fourth-order valence-corrected chi connectivity index (χ4v) is 3.06. The maximum atomic E-state index is 11.1. The lowest BCUT2D eigenvalue weighted by Gasteiger charge is -2.42. The van der Waals surface area contributed by atoms with Crippen LogP contribution in [-0.2, 0) is 13.1 Å². The van der Waals surface area contributed by atoms with Gasteiger partial charge in [0.1, 0.15) is 15.4 Å². The highest BCUT2D eigenvalue weighted by Crippen LogP contribution is 2.17. The molecule has 1 aliphatic heterocycles. The smallest absolute Gasteiger partial charge is 0.276 e. The molecule has 1 saturated heterocycles. The summed E-state index contributed by atoms with van der Waals surface area (Å²) < 4.78 is 0. The van der Waals surface area contributed by atoms with Gasteiger partial charge in [-0.3, -0.25) is 4.90 Å². The van der Waals surface area contributed by atoms with Crippen LogP contribution in [0.5, 0.6) is 0 Å². The van der Waals surface area contributed by atoms with Crippen molar-refractivity contribution < 1.29 is 5.03 Å². The average molecular weight is 410 g/mol. The fraction of sp³-hybridized carbons (Fsp3) is 0.312. The van der Waals surface area contributed by atoms with Crippen molar-refractivity contribution in [2.24, 2.45) is 5.10 Å². The highest BCUT2D eigenvalue weighted by atomic mass is 35.5. The second-order valence-corrected chi connectivity index (χ2v) is 6.93. The van der Waals surface area contributed by atoms with Gasteiger partial charge >= 0.3 is 0 Å². The molecule has 3 heterocycles. The van der Waals surface area contributed by atoms with Crippen LogP contribution in [0.1, 0.15) is 11.1 Å². The summed E-state index contributed by atoms with van der Waals surface area (Å²) in [4.78, 5) is 24.9. The minimum atomic E-state index is -0.680. The van der Waals surface area contributed by atoms with E-state index in [0.717, 1.165) is 11.1 Å². The van der Waals surface area contributed by atoms with Crippen LogP contribution in [0.15, 0.2) is 41.8 Å². The lowest BCUT2D eigenvalue weighted by Crippen LogP contribution is -2.57. The number of nitro groups is 1. The molecule has 2 aromatic heterocycles. The summed E-state index contributed by atoms with van der Waals surface area (Å²) in [6, 6.07) is 7.04. The zero-order valence-corrected chi connectivity index (χ0v) is 16.0. The van der Waals surface area contributed by atoms with Crippen molar-refractivity contribution >= 4 is 29.2 Å². The van der Waals surface area contributed by atoms with Crippen molar-refractivity contribution in [3.63, 3.8) is 0 Å². The minimum absolute atomic E-state index is 0.281. The van der Waals surface area contributed by atoms with Crippen LogP contribution in [0.4, 0.5) is 0 Å². The van der Waals surface area contributed by atoms with Crippen molar-refractivity contribution in [2.45, 2.75) is 13.1 Å². The molecule has 0 aromatic carbocycles. The quantitative estimate of drug-likeness (QED) is 0.425. The average Bonchev–Trinajstić information content (AvgIpc) is 2.61. The van der Waals surface area contributed by atoms with E-state index in [1.807, 2.05) is 33.9 Å². The van der Waals surface area contributed by atoms with E-state index in [1.165, 1.54) is 0 Å². The summed E-state index contributed by atoms with van der Waals surface area (Å²) in [5.41, 5.74) is 1.75. The van der Waals surface area contributed by atoms with Crippen molar-refractivity contribution in [1.82, 2.24) is 24.7 Å². The molecule has 3 rings (SSSR count). The predicted octanol–water partition coefficient (Wildman–Crippen LogP) is 2.50. The Bertz CT molecular complexity index is 770. The number of nitrogens with zero attached hydrogens (tertiary/aromatic N) is 7. The topological polar surface area (TPSA) is 91.0 Å². The Kier molecular flexibility index (Phi) is 6.04. The van der Waals surface area contributed by atoms with E-state index in [-0.39, 0.29) is 5.96 Å². The van der Waals surface area contributed by atoms with E-state index in [9.17, 15) is 10.1 Å². The Balaban J connectivity index is 1.85. The standard InChI is InChI=1S/C16H17Cl2N7O2/c1-22-10-23(8-12-2-4-14(17)19-6-12)16(21-25(26)27)24(11-22)9-13-3-5-15(18)20-7-13/h2-7H,8-11H2,1H3. The molecule has 0 amide bonds. The van der Waals surface area contributed by atoms with Crippen LogP contribution in [0.25, 0.3) is 0 Å². The van der Waals surface area contributed by atoms with Gasteiger partial charge < -0.3 is 9.80 Å². The Morgan fingerprint density at radius 2 is 1.52 bits per heavy atom. The molecule has 0 aliphatic carbocycles. The van der Waals surface area contributed by atoms with Crippen LogP contribution in [0.3, 0.4) is 0 Å². The van der Waals surface area contributed by atoms with Crippen LogP contribution in [0.2, 0.25) is 10.3 Å². The molecular formula is C16H17Cl2N7O2. The number of aromatic nitrogens is 2. The maximum absolute atomic E-state index is 11.1. The SMILES string of the molecule is CN1CN(Cc2ccc(Cl)nc2)C(=N[N+](=O)[O-])N(Cc2ccc(Cl)nc2)C1. The molecule has 1 fully saturated rings. The molecular weight excluding hydrogens is 393 g/mol. The number of hydrogen-bond donors (Lipinski definition) is 0. The normalized spacial score (nSPS) is 15.1. The molecule has 27 heavy (non-hydrogen) atoms. The number of halogens is 2. The number of pyridine rings is 2. The third-order valence-electron chi connectivity index (χ3n) is 3.89. The second-order valence-electron chi connectivity index (χ2n) is 6.15. The van der Waals surface area contributed by atoms with Crippen molar-refractivity contribution in [2.75, 3.05) is 20.4 Å². The van der Waals surface area contributed by atoms with Gasteiger partial charge in [-0.25, -0.2) is 20.1 Å². The molecule has 0 bridgehead atoms. The Hall–Kier alpha value is -2.49. The first-order valence-electron chi connectivity index (χ1n) is 8.03. The molecule has 0 radical (unpaired) electrons. The Morgan fingerprint density at radius 3 is 1.89 bits per heavy atom. The van der Waals surface area contributed by atoms with Crippen molar-refractivity contribution in [1.29, 1.82) is 0 Å². The molecule has 9 nitrogen and oxygen atoms in total. The van der Waals surface area contributed by atoms with E-state index < -0.39 is 5.03 Å². The fourth-order valence-electron chi connectivity index (χ4n) is 2.84. The van der Waals surface area contributed by atoms with Gasteiger partial charge in [0.15, 0.2) is 5.03 Å². The van der Waals surface area contributed by atoms with E-state index in [2.05, 4.69) is 15.1 Å². The zero-order valence-electron chi connectivity index (χ0n) is 14.5. The summed E-state index contributed by atoms with van der Waals surface area (Å²) in [5.74, 6) is 0.281. The monoisotopic (exact) mass is 409 g/mol. The number of rotatable bonds is 5. The first kappa shape index (κ1) is 19.3. The van der Waals surface area contributed by atoms with Gasteiger partial charge in [-0.05, 0) is 30.3 Å². The number of hydrogen-bond acceptors (Lipinski definition) is 5. The van der Waals surface area contributed by atoms with Gasteiger partial charge in [-0.15, -0.1) is 0 Å². The van der Waals surface area contributed by atoms with Crippen molar-refractivity contribution in [3.8, 4) is 0 Å². The highest BCUT2D eigenvalue weighted by molar-refractivity contribution is 6.29. The lowest BCUT2D eigenvalue weighted by molar-refractivity contribution is -0.486. The molecule has 142 valence electrons. The highest BCUT2D eigenvalue weighted by Gasteiger charge is 2.30. The first-order chi connectivity index (χ1) is 12.9. The summed E-state index contributed by atoms with van der Waals surface area (Å²) in [7, 11) is 1.93. The van der Waals surface area contributed by atoms with Crippen LogP contribution in [-0.4, -0.2) is 56.0 Å². The lowest BCUT2D eigenvalue weighted by atomic mass is 10.2. The van der Waals surface area contributed by atoms with E-state index in [4.69, 9.17) is 23.2 Å². The van der Waals surface area contributed by atoms with Gasteiger partial charge in [0.2, 0.25) is 0 Å². The van der Waals surface area contributed by atoms with E-state index in [0.29, 0.717) is 36.7 Å². The van der Waals surface area contributed by atoms with Crippen LogP contribution in [0, 0.1) is 10.1 Å². The van der Waals surface area contributed by atoms with Gasteiger partial charge in [0, 0.05) is 25.5 Å². The Morgan fingerprint density at radius 1 is 1.04 bits per heavy atom. The summed E-state index contributed by atoms with van der Waals surface area (Å²) in [6.45, 7) is 1.81. The first-order valence-corrected chi connectivity index (χ1v) is 8.78. The molecule has 0 saturated carbocycles. The molecule has 0 atom stereocenters. The minimum Gasteiger partial charge on any atom is -0.320 e. The summed E-state index contributed by atoms with van der Waals surface area (Å²) >= 11 is 11.7. The Labute approximate surface area is 166 Å². The largest absolute Gasteiger partial charge is 0.320 e. The molecule has 2 aromatic rings. The van der Waals surface area contributed by atoms with E-state index in [1.54, 1.807) is 24.5 Å². The van der Waals surface area contributed by atoms with Crippen LogP contribution >= 0.6 is 23.2 Å². The third-order valence-corrected chi connectivity index (χ3v) is 4.33. The maximum Gasteiger partial charge on any atom is 0.276 e. The molecule has 1 aliphatic rings. The predicted molar refractivity (Wildman–Crippen MR) is 102 cm³/mol. The summed E-state index contributed by atoms with van der Waals surface area (Å²) in [5, 5.41) is 14.9. The van der Waals surface area contributed by atoms with E-state index >= 15 is 0 Å². The van der Waals surface area contributed by atoms with Crippen LogP contribution < -0.4 is 0 Å². The molecule has 0 spiro atoms. The van der Waals surface area contributed by atoms with Gasteiger partial charge in [0.25, 0.3) is 5.96 Å². The second kappa shape index (κ2) is 8.47. The number of hydrazone groups is 1. The van der Waals surface area contributed by atoms with Crippen molar-refractivity contribution in [3.05, 3.63) is 68.2 Å². The van der Waals surface area contributed by atoms with Gasteiger partial charge in [-0.2, -0.15) is 0 Å². The number of guanidine groups is 1. The zero-order chi connectivity index (χ0) is 19.4. The third kappa shape index (κ3) is 5.25.